The average molecular weight is 349 g/mol. The van der Waals surface area contributed by atoms with Crippen LogP contribution in [-0.4, -0.2) is 26.0 Å². The summed E-state index contributed by atoms with van der Waals surface area (Å²) in [5.41, 5.74) is 9.17. The number of carbonyl (C=O) groups is 1. The molecule has 3 aromatic heterocycles. The van der Waals surface area contributed by atoms with Gasteiger partial charge in [0.05, 0.1) is 18.0 Å². The molecule has 3 heterocycles. The molecule has 7 heteroatoms. The van der Waals surface area contributed by atoms with Crippen molar-refractivity contribution < 1.29 is 9.90 Å². The molecule has 0 unspecified atom stereocenters. The van der Waals surface area contributed by atoms with Crippen molar-refractivity contribution in [2.75, 3.05) is 11.1 Å². The third-order valence-electron chi connectivity index (χ3n) is 4.54. The molecular weight excluding hydrogens is 330 g/mol. The Morgan fingerprint density at radius 3 is 2.81 bits per heavy atom. The highest BCUT2D eigenvalue weighted by molar-refractivity contribution is 5.98. The van der Waals surface area contributed by atoms with Gasteiger partial charge in [-0.15, -0.1) is 0 Å². The maximum absolute atomic E-state index is 12.0. The van der Waals surface area contributed by atoms with Crippen molar-refractivity contribution in [3.63, 3.8) is 0 Å². The molecule has 0 spiro atoms. The van der Waals surface area contributed by atoms with Crippen LogP contribution in [-0.2, 0) is 11.4 Å². The zero-order valence-electron chi connectivity index (χ0n) is 14.4. The van der Waals surface area contributed by atoms with Crippen LogP contribution in [0.15, 0.2) is 30.6 Å². The van der Waals surface area contributed by atoms with E-state index >= 15 is 0 Å². The predicted octanol–water partition coefficient (Wildman–Crippen LogP) is 2.42. The Kier molecular flexibility index (Phi) is 4.00. The van der Waals surface area contributed by atoms with Crippen LogP contribution in [0.3, 0.4) is 0 Å². The van der Waals surface area contributed by atoms with Gasteiger partial charge < -0.3 is 16.2 Å². The van der Waals surface area contributed by atoms with Crippen molar-refractivity contribution in [2.24, 2.45) is 5.92 Å². The van der Waals surface area contributed by atoms with E-state index in [0.717, 1.165) is 34.7 Å². The lowest BCUT2D eigenvalue weighted by atomic mass is 10.0. The van der Waals surface area contributed by atoms with Gasteiger partial charge in [0.15, 0.2) is 0 Å². The van der Waals surface area contributed by atoms with Gasteiger partial charge in [0.1, 0.15) is 11.6 Å². The predicted molar refractivity (Wildman–Crippen MR) is 99.2 cm³/mol. The second kappa shape index (κ2) is 6.34. The largest absolute Gasteiger partial charge is 0.390 e. The number of pyridine rings is 3. The molecule has 0 bridgehead atoms. The maximum atomic E-state index is 12.0. The molecule has 4 rings (SSSR count). The van der Waals surface area contributed by atoms with Crippen LogP contribution >= 0.6 is 0 Å². The molecule has 7 nitrogen and oxygen atoms in total. The molecule has 1 saturated carbocycles. The SMILES string of the molecule is Cc1cnc(CO)cc1-c1cc2cc(NC(=O)C3CC3)ncc2c(N)n1. The summed E-state index contributed by atoms with van der Waals surface area (Å²) in [6, 6.07) is 5.52. The van der Waals surface area contributed by atoms with Gasteiger partial charge in [-0.05, 0) is 48.9 Å². The molecule has 1 fully saturated rings. The van der Waals surface area contributed by atoms with Gasteiger partial charge in [0.25, 0.3) is 0 Å². The molecular formula is C19H19N5O2. The van der Waals surface area contributed by atoms with Crippen LogP contribution in [0.5, 0.6) is 0 Å². The summed E-state index contributed by atoms with van der Waals surface area (Å²) >= 11 is 0. The molecule has 1 aliphatic rings. The Bertz CT molecular complexity index is 1010. The van der Waals surface area contributed by atoms with Gasteiger partial charge in [-0.3, -0.25) is 9.78 Å². The van der Waals surface area contributed by atoms with Crippen LogP contribution in [0.25, 0.3) is 22.0 Å². The number of nitrogens with zero attached hydrogens (tertiary/aromatic N) is 3. The number of aliphatic hydroxyl groups is 1. The van der Waals surface area contributed by atoms with Crippen LogP contribution < -0.4 is 11.1 Å². The first-order chi connectivity index (χ1) is 12.5. The molecule has 26 heavy (non-hydrogen) atoms. The van der Waals surface area contributed by atoms with E-state index in [4.69, 9.17) is 5.73 Å². The van der Waals surface area contributed by atoms with Crippen LogP contribution in [0.2, 0.25) is 0 Å². The Labute approximate surface area is 150 Å². The lowest BCUT2D eigenvalue weighted by Gasteiger charge is -2.11. The van der Waals surface area contributed by atoms with E-state index in [1.54, 1.807) is 24.5 Å². The minimum Gasteiger partial charge on any atom is -0.390 e. The lowest BCUT2D eigenvalue weighted by molar-refractivity contribution is -0.117. The number of carbonyl (C=O) groups excluding carboxylic acids is 1. The van der Waals surface area contributed by atoms with Crippen molar-refractivity contribution in [1.29, 1.82) is 0 Å². The zero-order chi connectivity index (χ0) is 18.3. The Morgan fingerprint density at radius 1 is 1.27 bits per heavy atom. The fourth-order valence-corrected chi connectivity index (χ4v) is 2.88. The number of rotatable bonds is 4. The summed E-state index contributed by atoms with van der Waals surface area (Å²) in [5, 5.41) is 13.8. The molecule has 132 valence electrons. The van der Waals surface area contributed by atoms with E-state index in [-0.39, 0.29) is 18.4 Å². The number of nitrogen functional groups attached to an aromatic ring is 1. The maximum Gasteiger partial charge on any atom is 0.228 e. The van der Waals surface area contributed by atoms with E-state index in [2.05, 4.69) is 20.3 Å². The molecule has 0 saturated heterocycles. The minimum absolute atomic E-state index is 0.0108. The molecule has 0 atom stereocenters. The first kappa shape index (κ1) is 16.4. The van der Waals surface area contributed by atoms with Gasteiger partial charge in [-0.1, -0.05) is 0 Å². The number of amides is 1. The van der Waals surface area contributed by atoms with Crippen molar-refractivity contribution >= 4 is 28.3 Å². The summed E-state index contributed by atoms with van der Waals surface area (Å²) in [5.74, 6) is 0.999. The van der Waals surface area contributed by atoms with E-state index in [9.17, 15) is 9.90 Å². The first-order valence-electron chi connectivity index (χ1n) is 8.49. The third kappa shape index (κ3) is 3.09. The summed E-state index contributed by atoms with van der Waals surface area (Å²) in [6.45, 7) is 1.79. The van der Waals surface area contributed by atoms with E-state index in [0.29, 0.717) is 23.0 Å². The smallest absolute Gasteiger partial charge is 0.228 e. The summed E-state index contributed by atoms with van der Waals surface area (Å²) in [7, 11) is 0. The van der Waals surface area contributed by atoms with Gasteiger partial charge in [-0.2, -0.15) is 0 Å². The topological polar surface area (TPSA) is 114 Å². The highest BCUT2D eigenvalue weighted by atomic mass is 16.3. The molecule has 0 aliphatic heterocycles. The molecule has 0 radical (unpaired) electrons. The van der Waals surface area contributed by atoms with Gasteiger partial charge in [0, 0.05) is 29.3 Å². The number of nitrogens with one attached hydrogen (secondary N) is 1. The number of aromatic nitrogens is 3. The van der Waals surface area contributed by atoms with E-state index in [1.165, 1.54) is 0 Å². The van der Waals surface area contributed by atoms with Crippen LogP contribution in [0.1, 0.15) is 24.1 Å². The summed E-state index contributed by atoms with van der Waals surface area (Å²) in [4.78, 5) is 24.9. The standard InChI is InChI=1S/C19H19N5O2/c1-10-7-21-13(9-25)6-14(10)16-4-12-5-17(24-19(26)11-2-3-11)22-8-15(12)18(20)23-16/h4-8,11,25H,2-3,9H2,1H3,(H2,20,23)(H,22,24,26). The fraction of sp³-hybridized carbons (Fsp3) is 0.263. The van der Waals surface area contributed by atoms with Crippen LogP contribution in [0.4, 0.5) is 11.6 Å². The number of fused-ring (bicyclic) bond motifs is 1. The highest BCUT2D eigenvalue weighted by Crippen LogP contribution is 2.31. The third-order valence-corrected chi connectivity index (χ3v) is 4.54. The summed E-state index contributed by atoms with van der Waals surface area (Å²) < 4.78 is 0. The van der Waals surface area contributed by atoms with E-state index in [1.807, 2.05) is 13.0 Å². The highest BCUT2D eigenvalue weighted by Gasteiger charge is 2.29. The normalized spacial score (nSPS) is 13.8. The average Bonchev–Trinajstić information content (AvgIpc) is 3.47. The number of nitrogens with two attached hydrogens (primary N) is 1. The number of hydrogen-bond acceptors (Lipinski definition) is 6. The van der Waals surface area contributed by atoms with Gasteiger partial charge >= 0.3 is 0 Å². The Hall–Kier alpha value is -3.06. The quantitative estimate of drug-likeness (QED) is 0.666. The van der Waals surface area contributed by atoms with E-state index < -0.39 is 0 Å². The molecule has 1 aliphatic carbocycles. The van der Waals surface area contributed by atoms with Crippen molar-refractivity contribution in [2.45, 2.75) is 26.4 Å². The zero-order valence-corrected chi connectivity index (χ0v) is 14.4. The Balaban J connectivity index is 1.77. The number of aryl methyl sites for hydroxylation is 1. The fourth-order valence-electron chi connectivity index (χ4n) is 2.88. The second-order valence-electron chi connectivity index (χ2n) is 6.60. The molecule has 0 aromatic carbocycles. The Morgan fingerprint density at radius 2 is 2.08 bits per heavy atom. The second-order valence-corrected chi connectivity index (χ2v) is 6.60. The first-order valence-corrected chi connectivity index (χ1v) is 8.49. The van der Waals surface area contributed by atoms with Crippen LogP contribution in [0, 0.1) is 12.8 Å². The molecule has 1 amide bonds. The van der Waals surface area contributed by atoms with Crippen molar-refractivity contribution in [3.8, 4) is 11.3 Å². The van der Waals surface area contributed by atoms with Crippen molar-refractivity contribution in [3.05, 3.63) is 41.9 Å². The lowest BCUT2D eigenvalue weighted by Crippen LogP contribution is -2.14. The van der Waals surface area contributed by atoms with Gasteiger partial charge in [0.2, 0.25) is 5.91 Å². The van der Waals surface area contributed by atoms with Crippen molar-refractivity contribution in [1.82, 2.24) is 15.0 Å². The number of hydrogen-bond donors (Lipinski definition) is 3. The van der Waals surface area contributed by atoms with Gasteiger partial charge in [-0.25, -0.2) is 9.97 Å². The molecule has 3 aromatic rings. The number of anilines is 2. The minimum atomic E-state index is -0.141. The summed E-state index contributed by atoms with van der Waals surface area (Å²) in [6.07, 6.45) is 5.21. The number of aliphatic hydroxyl groups excluding tert-OH is 1. The molecule has 4 N–H and O–H groups in total. The monoisotopic (exact) mass is 349 g/mol.